The number of halogens is 2. The van der Waals surface area contributed by atoms with Crippen LogP contribution in [0.3, 0.4) is 0 Å². The molecule has 2 N–H and O–H groups in total. The van der Waals surface area contributed by atoms with Gasteiger partial charge >= 0.3 is 0 Å². The molecule has 0 saturated carbocycles. The first-order chi connectivity index (χ1) is 21.4. The molecule has 44 heavy (non-hydrogen) atoms. The van der Waals surface area contributed by atoms with Crippen molar-refractivity contribution in [3.8, 4) is 0 Å². The summed E-state index contributed by atoms with van der Waals surface area (Å²) in [6.07, 6.45) is 15.9. The molecule has 3 heterocycles. The van der Waals surface area contributed by atoms with E-state index in [2.05, 4.69) is 69.8 Å². The molecule has 1 fully saturated rings. The van der Waals surface area contributed by atoms with Crippen molar-refractivity contribution in [3.63, 3.8) is 0 Å². The number of hydrogen-bond donors (Lipinski definition) is 2. The van der Waals surface area contributed by atoms with Crippen LogP contribution in [-0.2, 0) is 4.74 Å². The first-order valence-corrected chi connectivity index (χ1v) is 15.4. The van der Waals surface area contributed by atoms with Crippen molar-refractivity contribution >= 4 is 46.5 Å². The Morgan fingerprint density at radius 1 is 1.07 bits per heavy atom. The van der Waals surface area contributed by atoms with Crippen LogP contribution in [0.2, 0.25) is 5.02 Å². The molecule has 8 nitrogen and oxygen atoms in total. The van der Waals surface area contributed by atoms with Gasteiger partial charge in [-0.25, -0.2) is 14.8 Å². The lowest BCUT2D eigenvalue weighted by molar-refractivity contribution is 0.122. The van der Waals surface area contributed by atoms with Crippen LogP contribution in [0.25, 0.3) is 5.57 Å². The Morgan fingerprint density at radius 3 is 2.50 bits per heavy atom. The second-order valence-electron chi connectivity index (χ2n) is 10.1. The summed E-state index contributed by atoms with van der Waals surface area (Å²) in [5, 5.41) is 8.21. The average Bonchev–Trinajstić information content (AvgIpc) is 3.04. The molecule has 234 valence electrons. The van der Waals surface area contributed by atoms with E-state index in [9.17, 15) is 4.39 Å². The molecule has 1 aromatic carbocycles. The minimum atomic E-state index is -0.478. The molecule has 2 aromatic heterocycles. The number of ether oxygens (including phenoxy) is 1. The van der Waals surface area contributed by atoms with E-state index in [1.54, 1.807) is 12.4 Å². The van der Waals surface area contributed by atoms with Crippen molar-refractivity contribution in [2.24, 2.45) is 5.10 Å². The third-order valence-corrected chi connectivity index (χ3v) is 6.96. The Morgan fingerprint density at radius 2 is 1.84 bits per heavy atom. The zero-order valence-corrected chi connectivity index (χ0v) is 27.0. The third kappa shape index (κ3) is 10.9. The van der Waals surface area contributed by atoms with Crippen molar-refractivity contribution in [2.45, 2.75) is 53.9 Å². The largest absolute Gasteiger partial charge is 0.378 e. The molecule has 0 unspecified atom stereocenters. The first-order valence-electron chi connectivity index (χ1n) is 15.0. The number of allylic oxidation sites excluding steroid dienone is 6. The molecule has 0 atom stereocenters. The summed E-state index contributed by atoms with van der Waals surface area (Å²) in [6.45, 7) is 12.7. The molecule has 0 amide bonds. The number of rotatable bonds is 11. The highest BCUT2D eigenvalue weighted by Gasteiger charge is 2.17. The number of nitrogens with one attached hydrogen (secondary N) is 2. The summed E-state index contributed by atoms with van der Waals surface area (Å²) < 4.78 is 19.6. The molecule has 0 radical (unpaired) electrons. The van der Waals surface area contributed by atoms with E-state index in [1.807, 2.05) is 55.2 Å². The van der Waals surface area contributed by atoms with Crippen molar-refractivity contribution in [1.82, 2.24) is 15.0 Å². The van der Waals surface area contributed by atoms with Gasteiger partial charge in [0.05, 0.1) is 43.2 Å². The van der Waals surface area contributed by atoms with Crippen LogP contribution in [-0.4, -0.2) is 47.5 Å². The Bertz CT molecular complexity index is 1440. The van der Waals surface area contributed by atoms with E-state index in [0.717, 1.165) is 42.4 Å². The molecule has 1 saturated heterocycles. The van der Waals surface area contributed by atoms with E-state index < -0.39 is 5.82 Å². The number of nitrogens with zero attached hydrogens (tertiary/aromatic N) is 5. The molecule has 3 aromatic rings. The number of morpholine rings is 1. The quantitative estimate of drug-likeness (QED) is 0.0959. The number of aromatic nitrogens is 3. The van der Waals surface area contributed by atoms with Crippen LogP contribution in [0, 0.1) is 5.82 Å². The van der Waals surface area contributed by atoms with Crippen LogP contribution < -0.4 is 15.6 Å². The number of benzene rings is 1. The molecule has 0 bridgehead atoms. The van der Waals surface area contributed by atoms with Gasteiger partial charge in [0.25, 0.3) is 0 Å². The molecule has 0 aliphatic carbocycles. The minimum absolute atomic E-state index is 0.199. The van der Waals surface area contributed by atoms with Gasteiger partial charge in [0.1, 0.15) is 0 Å². The lowest BCUT2D eigenvalue weighted by Crippen LogP contribution is -2.37. The maximum atomic E-state index is 14.2. The standard InChI is InChI=1S/C30H35ClFN7O.C4H8/c1-4-6-7-8-27(21(3)5-2)22-15-23(31)17-26(16-22)36-25-10-9-24(33-18-25)19-35-38-30-34-20-28(32)29(37-30)39-11-13-40-14-12-39;1-3-4-2/h7-10,15-20,36H,4-6,11-14H2,1-3H3,(H,34,37,38);3-4H,1-2H3/b8-7-,27-21?,35-19+;4-3-. The van der Waals surface area contributed by atoms with Gasteiger partial charge in [-0.1, -0.05) is 61.7 Å². The lowest BCUT2D eigenvalue weighted by Gasteiger charge is -2.27. The van der Waals surface area contributed by atoms with Gasteiger partial charge in [0.2, 0.25) is 5.95 Å². The van der Waals surface area contributed by atoms with Crippen molar-refractivity contribution in [2.75, 3.05) is 41.9 Å². The summed E-state index contributed by atoms with van der Waals surface area (Å²) in [7, 11) is 0. The van der Waals surface area contributed by atoms with E-state index in [1.165, 1.54) is 11.1 Å². The topological polar surface area (TPSA) is 87.6 Å². The molecule has 10 heteroatoms. The molecule has 1 aliphatic heterocycles. The summed E-state index contributed by atoms with van der Waals surface area (Å²) in [5.74, 6) is -0.0441. The van der Waals surface area contributed by atoms with Gasteiger partial charge in [0, 0.05) is 23.8 Å². The molecule has 1 aliphatic rings. The van der Waals surface area contributed by atoms with Crippen LogP contribution in [0.15, 0.2) is 77.7 Å². The highest BCUT2D eigenvalue weighted by Crippen LogP contribution is 2.30. The summed E-state index contributed by atoms with van der Waals surface area (Å²) in [5.41, 5.74) is 8.65. The second-order valence-corrected chi connectivity index (χ2v) is 10.5. The fourth-order valence-electron chi connectivity index (χ4n) is 4.15. The molecular weight excluding hydrogens is 577 g/mol. The molecule has 0 spiro atoms. The van der Waals surface area contributed by atoms with Gasteiger partial charge in [-0.15, -0.1) is 0 Å². The molecule has 4 rings (SSSR count). The summed E-state index contributed by atoms with van der Waals surface area (Å²) in [6, 6.07) is 9.74. The smallest absolute Gasteiger partial charge is 0.245 e. The van der Waals surface area contributed by atoms with Crippen molar-refractivity contribution in [1.29, 1.82) is 0 Å². The maximum Gasteiger partial charge on any atom is 0.245 e. The highest BCUT2D eigenvalue weighted by molar-refractivity contribution is 6.31. The van der Waals surface area contributed by atoms with Gasteiger partial charge in [0.15, 0.2) is 11.6 Å². The molecular formula is C34H43ClFN7O. The van der Waals surface area contributed by atoms with Crippen molar-refractivity contribution in [3.05, 3.63) is 94.7 Å². The fraction of sp³-hybridized carbons (Fsp3) is 0.353. The van der Waals surface area contributed by atoms with Crippen LogP contribution in [0.1, 0.15) is 65.1 Å². The predicted octanol–water partition coefficient (Wildman–Crippen LogP) is 8.81. The lowest BCUT2D eigenvalue weighted by atomic mass is 9.97. The Hall–Kier alpha value is -4.08. The third-order valence-electron chi connectivity index (χ3n) is 6.74. The van der Waals surface area contributed by atoms with E-state index >= 15 is 0 Å². The van der Waals surface area contributed by atoms with Crippen LogP contribution >= 0.6 is 11.6 Å². The van der Waals surface area contributed by atoms with E-state index in [-0.39, 0.29) is 11.8 Å². The number of anilines is 4. The van der Waals surface area contributed by atoms with Gasteiger partial charge < -0.3 is 15.0 Å². The Balaban J connectivity index is 0.00000124. The van der Waals surface area contributed by atoms with Gasteiger partial charge in [-0.05, 0) is 75.1 Å². The number of hydrogen-bond acceptors (Lipinski definition) is 8. The average molecular weight is 620 g/mol. The van der Waals surface area contributed by atoms with Gasteiger partial charge in [-0.2, -0.15) is 10.1 Å². The zero-order valence-electron chi connectivity index (χ0n) is 26.3. The number of unbranched alkanes of at least 4 members (excludes halogenated alkanes) is 1. The summed E-state index contributed by atoms with van der Waals surface area (Å²) in [4.78, 5) is 14.5. The normalized spacial score (nSPS) is 14.1. The summed E-state index contributed by atoms with van der Waals surface area (Å²) >= 11 is 6.50. The maximum absolute atomic E-state index is 14.2. The SMILES string of the molecule is C/C=C\C.CCC/C=C\C(=C(C)CC)c1cc(Cl)cc(Nc2ccc(/C=N/Nc3ncc(F)c(N4CCOCC4)n3)nc2)c1. The highest BCUT2D eigenvalue weighted by atomic mass is 35.5. The first kappa shape index (κ1) is 34.4. The van der Waals surface area contributed by atoms with Crippen LogP contribution in [0.5, 0.6) is 0 Å². The van der Waals surface area contributed by atoms with Gasteiger partial charge in [-0.3, -0.25) is 4.98 Å². The predicted molar refractivity (Wildman–Crippen MR) is 183 cm³/mol. The minimum Gasteiger partial charge on any atom is -0.378 e. The van der Waals surface area contributed by atoms with E-state index in [0.29, 0.717) is 37.0 Å². The fourth-order valence-corrected chi connectivity index (χ4v) is 4.38. The monoisotopic (exact) mass is 619 g/mol. The second kappa shape index (κ2) is 18.6. The Labute approximate surface area is 265 Å². The number of hydrazone groups is 1. The van der Waals surface area contributed by atoms with Crippen molar-refractivity contribution < 1.29 is 9.13 Å². The van der Waals surface area contributed by atoms with E-state index in [4.69, 9.17) is 16.3 Å². The number of pyridine rings is 1. The Kier molecular flexibility index (Phi) is 14.5. The van der Waals surface area contributed by atoms with Crippen LogP contribution in [0.4, 0.5) is 27.5 Å². The zero-order chi connectivity index (χ0) is 31.7.